The molecular formula is C23H32N2O3. The van der Waals surface area contributed by atoms with Crippen molar-refractivity contribution in [1.82, 2.24) is 10.2 Å². The van der Waals surface area contributed by atoms with Crippen LogP contribution in [0.1, 0.15) is 39.4 Å². The number of carbonyl (C=O) groups excluding carboxylic acids is 1. The molecule has 0 heterocycles. The molecule has 152 valence electrons. The van der Waals surface area contributed by atoms with E-state index in [4.69, 9.17) is 9.47 Å². The summed E-state index contributed by atoms with van der Waals surface area (Å²) in [5, 5.41) is 3.03. The monoisotopic (exact) mass is 384 g/mol. The molecule has 1 atom stereocenters. The second kappa shape index (κ2) is 10.7. The van der Waals surface area contributed by atoms with Gasteiger partial charge in [-0.15, -0.1) is 0 Å². The minimum Gasteiger partial charge on any atom is -0.493 e. The van der Waals surface area contributed by atoms with Gasteiger partial charge in [-0.2, -0.15) is 0 Å². The summed E-state index contributed by atoms with van der Waals surface area (Å²) in [6.07, 6.45) is -0.746. The molecule has 2 aromatic carbocycles. The van der Waals surface area contributed by atoms with Crippen LogP contribution < -0.4 is 14.8 Å². The third-order valence-electron chi connectivity index (χ3n) is 4.65. The summed E-state index contributed by atoms with van der Waals surface area (Å²) in [5.41, 5.74) is 0.801. The standard InChI is InChI=1S/C23H32N2O3/c1-17(2)25(18(3)4)16-15-24-23(26)22(19-11-7-6-8-12-19)28-21-14-10-9-13-20(21)27-5/h6-14,17-18,22H,15-16H2,1-5H3,(H,24,26)/t22-/m1/s1. The summed E-state index contributed by atoms with van der Waals surface area (Å²) in [5.74, 6) is 0.978. The van der Waals surface area contributed by atoms with Crippen molar-refractivity contribution in [1.29, 1.82) is 0 Å². The van der Waals surface area contributed by atoms with Crippen LogP contribution in [0.2, 0.25) is 0 Å². The molecule has 1 amide bonds. The predicted molar refractivity (Wildman–Crippen MR) is 113 cm³/mol. The Morgan fingerprint density at radius 3 is 2.07 bits per heavy atom. The molecule has 0 bridgehead atoms. The van der Waals surface area contributed by atoms with Crippen molar-refractivity contribution >= 4 is 5.91 Å². The Bertz CT molecular complexity index is 724. The quantitative estimate of drug-likeness (QED) is 0.671. The van der Waals surface area contributed by atoms with E-state index in [1.165, 1.54) is 0 Å². The van der Waals surface area contributed by atoms with Crippen molar-refractivity contribution < 1.29 is 14.3 Å². The molecule has 0 aliphatic carbocycles. The first-order valence-corrected chi connectivity index (χ1v) is 9.82. The molecule has 2 aromatic rings. The van der Waals surface area contributed by atoms with Crippen molar-refractivity contribution in [2.75, 3.05) is 20.2 Å². The fraction of sp³-hybridized carbons (Fsp3) is 0.435. The van der Waals surface area contributed by atoms with Gasteiger partial charge in [0.25, 0.3) is 5.91 Å². The fourth-order valence-corrected chi connectivity index (χ4v) is 3.26. The van der Waals surface area contributed by atoms with Gasteiger partial charge in [-0.25, -0.2) is 0 Å². The zero-order chi connectivity index (χ0) is 20.5. The van der Waals surface area contributed by atoms with Crippen molar-refractivity contribution in [2.45, 2.75) is 45.9 Å². The maximum Gasteiger partial charge on any atom is 0.265 e. The molecule has 2 rings (SSSR count). The third kappa shape index (κ3) is 5.99. The van der Waals surface area contributed by atoms with Crippen molar-refractivity contribution in [2.24, 2.45) is 0 Å². The normalized spacial score (nSPS) is 12.3. The van der Waals surface area contributed by atoms with Gasteiger partial charge in [0.2, 0.25) is 6.10 Å². The first-order valence-electron chi connectivity index (χ1n) is 9.82. The summed E-state index contributed by atoms with van der Waals surface area (Å²) in [4.78, 5) is 15.3. The zero-order valence-corrected chi connectivity index (χ0v) is 17.5. The summed E-state index contributed by atoms with van der Waals surface area (Å²) < 4.78 is 11.4. The molecule has 0 aliphatic rings. The largest absolute Gasteiger partial charge is 0.493 e. The van der Waals surface area contributed by atoms with Crippen LogP contribution in [0, 0.1) is 0 Å². The van der Waals surface area contributed by atoms with Crippen molar-refractivity contribution in [3.63, 3.8) is 0 Å². The Balaban J connectivity index is 2.12. The number of methoxy groups -OCH3 is 1. The van der Waals surface area contributed by atoms with Gasteiger partial charge in [-0.3, -0.25) is 9.69 Å². The van der Waals surface area contributed by atoms with Crippen molar-refractivity contribution in [3.05, 3.63) is 60.2 Å². The summed E-state index contributed by atoms with van der Waals surface area (Å²) >= 11 is 0. The van der Waals surface area contributed by atoms with Gasteiger partial charge in [0.05, 0.1) is 7.11 Å². The van der Waals surface area contributed by atoms with Gasteiger partial charge in [0.1, 0.15) is 0 Å². The highest BCUT2D eigenvalue weighted by atomic mass is 16.5. The second-order valence-corrected chi connectivity index (χ2v) is 7.28. The van der Waals surface area contributed by atoms with Crippen LogP contribution in [0.4, 0.5) is 0 Å². The molecule has 5 nitrogen and oxygen atoms in total. The average molecular weight is 385 g/mol. The number of para-hydroxylation sites is 2. The molecule has 0 saturated carbocycles. The molecule has 0 aliphatic heterocycles. The Kier molecular flexibility index (Phi) is 8.33. The predicted octanol–water partition coefficient (Wildman–Crippen LogP) is 4.05. The van der Waals surface area contributed by atoms with Gasteiger partial charge in [0.15, 0.2) is 11.5 Å². The van der Waals surface area contributed by atoms with Gasteiger partial charge in [-0.1, -0.05) is 42.5 Å². The molecule has 0 radical (unpaired) electrons. The van der Waals surface area contributed by atoms with E-state index in [-0.39, 0.29) is 5.91 Å². The van der Waals surface area contributed by atoms with E-state index in [0.717, 1.165) is 12.1 Å². The molecule has 1 N–H and O–H groups in total. The van der Waals surface area contributed by atoms with Crippen LogP contribution in [-0.4, -0.2) is 43.1 Å². The lowest BCUT2D eigenvalue weighted by atomic mass is 10.1. The zero-order valence-electron chi connectivity index (χ0n) is 17.5. The van der Waals surface area contributed by atoms with E-state index < -0.39 is 6.10 Å². The van der Waals surface area contributed by atoms with Crippen molar-refractivity contribution in [3.8, 4) is 11.5 Å². The Morgan fingerprint density at radius 2 is 1.50 bits per heavy atom. The topological polar surface area (TPSA) is 50.8 Å². The smallest absolute Gasteiger partial charge is 0.265 e. The number of amides is 1. The first kappa shape index (κ1) is 21.8. The highest BCUT2D eigenvalue weighted by Crippen LogP contribution is 2.30. The fourth-order valence-electron chi connectivity index (χ4n) is 3.26. The SMILES string of the molecule is COc1ccccc1O[C@@H](C(=O)NCCN(C(C)C)C(C)C)c1ccccc1. The highest BCUT2D eigenvalue weighted by Gasteiger charge is 2.24. The maximum absolute atomic E-state index is 13.0. The van der Waals surface area contributed by atoms with E-state index in [2.05, 4.69) is 37.9 Å². The summed E-state index contributed by atoms with van der Waals surface area (Å²) in [6.45, 7) is 10.0. The summed E-state index contributed by atoms with van der Waals surface area (Å²) in [7, 11) is 1.59. The Morgan fingerprint density at radius 1 is 0.929 bits per heavy atom. The number of nitrogens with zero attached hydrogens (tertiary/aromatic N) is 1. The Labute approximate surface area is 168 Å². The van der Waals surface area contributed by atoms with E-state index in [0.29, 0.717) is 30.1 Å². The molecular weight excluding hydrogens is 352 g/mol. The van der Waals surface area contributed by atoms with E-state index in [1.54, 1.807) is 13.2 Å². The number of benzene rings is 2. The number of rotatable bonds is 10. The first-order chi connectivity index (χ1) is 13.4. The molecule has 0 saturated heterocycles. The summed E-state index contributed by atoms with van der Waals surface area (Å²) in [6, 6.07) is 17.7. The van der Waals surface area contributed by atoms with Crippen LogP contribution in [-0.2, 0) is 4.79 Å². The molecule has 0 spiro atoms. The Hall–Kier alpha value is -2.53. The molecule has 0 fully saturated rings. The molecule has 28 heavy (non-hydrogen) atoms. The van der Waals surface area contributed by atoms with Gasteiger partial charge < -0.3 is 14.8 Å². The molecule has 5 heteroatoms. The number of nitrogens with one attached hydrogen (secondary N) is 1. The van der Waals surface area contributed by atoms with Crippen LogP contribution in [0.5, 0.6) is 11.5 Å². The minimum atomic E-state index is -0.746. The third-order valence-corrected chi connectivity index (χ3v) is 4.65. The maximum atomic E-state index is 13.0. The average Bonchev–Trinajstić information content (AvgIpc) is 2.69. The van der Waals surface area contributed by atoms with E-state index >= 15 is 0 Å². The molecule has 0 unspecified atom stereocenters. The van der Waals surface area contributed by atoms with Gasteiger partial charge in [-0.05, 0) is 39.8 Å². The lowest BCUT2D eigenvalue weighted by Gasteiger charge is -2.30. The molecule has 0 aromatic heterocycles. The lowest BCUT2D eigenvalue weighted by molar-refractivity contribution is -0.128. The highest BCUT2D eigenvalue weighted by molar-refractivity contribution is 5.82. The number of ether oxygens (including phenoxy) is 2. The number of carbonyl (C=O) groups is 1. The van der Waals surface area contributed by atoms with Crippen LogP contribution in [0.25, 0.3) is 0 Å². The van der Waals surface area contributed by atoms with E-state index in [1.807, 2.05) is 48.5 Å². The van der Waals surface area contributed by atoms with Crippen LogP contribution in [0.3, 0.4) is 0 Å². The number of hydrogen-bond acceptors (Lipinski definition) is 4. The van der Waals surface area contributed by atoms with Crippen LogP contribution >= 0.6 is 0 Å². The minimum absolute atomic E-state index is 0.162. The lowest BCUT2D eigenvalue weighted by Crippen LogP contribution is -2.43. The van der Waals surface area contributed by atoms with Crippen LogP contribution in [0.15, 0.2) is 54.6 Å². The second-order valence-electron chi connectivity index (χ2n) is 7.28. The number of hydrogen-bond donors (Lipinski definition) is 1. The van der Waals surface area contributed by atoms with Gasteiger partial charge >= 0.3 is 0 Å². The van der Waals surface area contributed by atoms with E-state index in [9.17, 15) is 4.79 Å². The van der Waals surface area contributed by atoms with Gasteiger partial charge in [0, 0.05) is 30.7 Å².